The van der Waals surface area contributed by atoms with Crippen LogP contribution < -0.4 is 5.32 Å². The summed E-state index contributed by atoms with van der Waals surface area (Å²) in [7, 11) is 0.491. The summed E-state index contributed by atoms with van der Waals surface area (Å²) in [6.07, 6.45) is 6.15. The molecule has 32 heavy (non-hydrogen) atoms. The fourth-order valence-electron chi connectivity index (χ4n) is 3.10. The molecular formula is C22H19FN6O2S. The molecule has 0 bridgehead atoms. The molecule has 1 amide bonds. The van der Waals surface area contributed by atoms with Gasteiger partial charge in [0.1, 0.15) is 5.82 Å². The van der Waals surface area contributed by atoms with Crippen LogP contribution in [-0.4, -0.2) is 35.3 Å². The highest BCUT2D eigenvalue weighted by molar-refractivity contribution is 7.84. The molecule has 0 radical (unpaired) electrons. The van der Waals surface area contributed by atoms with Crippen LogP contribution in [0, 0.1) is 5.82 Å². The number of hydrogen-bond donors (Lipinski definition) is 2. The lowest BCUT2D eigenvalue weighted by Gasteiger charge is -2.05. The van der Waals surface area contributed by atoms with Crippen molar-refractivity contribution < 1.29 is 13.4 Å². The van der Waals surface area contributed by atoms with Gasteiger partial charge in [-0.25, -0.2) is 4.39 Å². The van der Waals surface area contributed by atoms with Gasteiger partial charge in [-0.3, -0.25) is 13.7 Å². The van der Waals surface area contributed by atoms with E-state index >= 15 is 0 Å². The fourth-order valence-corrected chi connectivity index (χ4v) is 4.05. The van der Waals surface area contributed by atoms with Gasteiger partial charge >= 0.3 is 0 Å². The standard InChI is InChI=1S/C22H19FN6O2S/c1-29-22(16-4-7-18(23)8-5-16)17(12-25-29)6-11-20(30)26-19-9-2-15(3-10-19)14-32(31)21-13-24-28-27-21/h2-13H,14H2,1H3,(H,26,30)(H,24,27,28)/b11-6+. The Hall–Kier alpha value is -3.92. The topological polar surface area (TPSA) is 106 Å². The number of nitrogens with one attached hydrogen (secondary N) is 2. The third-order valence-corrected chi connectivity index (χ3v) is 5.90. The van der Waals surface area contributed by atoms with Crippen LogP contribution in [-0.2, 0) is 28.4 Å². The molecule has 0 saturated heterocycles. The molecule has 2 heterocycles. The highest BCUT2D eigenvalue weighted by atomic mass is 32.2. The maximum absolute atomic E-state index is 13.2. The van der Waals surface area contributed by atoms with Crippen LogP contribution in [0.15, 0.2) is 72.0 Å². The van der Waals surface area contributed by atoms with Gasteiger partial charge in [-0.15, -0.1) is 5.10 Å². The van der Waals surface area contributed by atoms with Gasteiger partial charge in [-0.05, 0) is 48.0 Å². The normalized spacial score (nSPS) is 12.2. The zero-order chi connectivity index (χ0) is 22.5. The van der Waals surface area contributed by atoms with Crippen molar-refractivity contribution in [3.8, 4) is 11.3 Å². The van der Waals surface area contributed by atoms with Crippen molar-refractivity contribution in [3.05, 3.63) is 83.9 Å². The number of hydrogen-bond acceptors (Lipinski definition) is 5. The lowest BCUT2D eigenvalue weighted by atomic mass is 10.1. The van der Waals surface area contributed by atoms with Crippen LogP contribution in [0.4, 0.5) is 10.1 Å². The number of benzene rings is 2. The predicted octanol–water partition coefficient (Wildman–Crippen LogP) is 3.30. The number of anilines is 1. The second-order valence-corrected chi connectivity index (χ2v) is 8.29. The van der Waals surface area contributed by atoms with Gasteiger partial charge in [0.25, 0.3) is 0 Å². The molecule has 10 heteroatoms. The predicted molar refractivity (Wildman–Crippen MR) is 119 cm³/mol. The Morgan fingerprint density at radius 3 is 2.59 bits per heavy atom. The van der Waals surface area contributed by atoms with Crippen LogP contribution in [0.1, 0.15) is 11.1 Å². The third-order valence-electron chi connectivity index (χ3n) is 4.64. The largest absolute Gasteiger partial charge is 0.323 e. The van der Waals surface area contributed by atoms with E-state index in [-0.39, 0.29) is 11.7 Å². The number of rotatable bonds is 7. The maximum Gasteiger partial charge on any atom is 0.248 e. The monoisotopic (exact) mass is 450 g/mol. The number of carbonyl (C=O) groups is 1. The SMILES string of the molecule is Cn1ncc(/C=C/C(=O)Nc2ccc(CS(=O)c3cn[nH]n3)cc2)c1-c1ccc(F)cc1. The Labute approximate surface area is 185 Å². The van der Waals surface area contributed by atoms with Gasteiger partial charge < -0.3 is 5.32 Å². The summed E-state index contributed by atoms with van der Waals surface area (Å²) in [5.74, 6) is -0.325. The van der Waals surface area contributed by atoms with E-state index < -0.39 is 10.8 Å². The van der Waals surface area contributed by atoms with E-state index in [0.717, 1.165) is 22.4 Å². The van der Waals surface area contributed by atoms with Gasteiger partial charge in [0.2, 0.25) is 5.91 Å². The van der Waals surface area contributed by atoms with E-state index in [1.54, 1.807) is 60.4 Å². The third kappa shape index (κ3) is 5.03. The van der Waals surface area contributed by atoms with Crippen LogP contribution in [0.2, 0.25) is 0 Å². The Morgan fingerprint density at radius 2 is 1.91 bits per heavy atom. The van der Waals surface area contributed by atoms with Gasteiger partial charge in [0, 0.05) is 29.9 Å². The number of carbonyl (C=O) groups excluding carboxylic acids is 1. The molecule has 1 unspecified atom stereocenters. The fraction of sp³-hybridized carbons (Fsp3) is 0.0909. The van der Waals surface area contributed by atoms with Crippen molar-refractivity contribution in [2.45, 2.75) is 10.8 Å². The van der Waals surface area contributed by atoms with Gasteiger partial charge in [0.15, 0.2) is 5.03 Å². The van der Waals surface area contributed by atoms with Crippen molar-refractivity contribution in [2.75, 3.05) is 5.32 Å². The molecule has 1 atom stereocenters. The Morgan fingerprint density at radius 1 is 1.16 bits per heavy atom. The van der Waals surface area contributed by atoms with Crippen molar-refractivity contribution in [1.82, 2.24) is 25.2 Å². The quantitative estimate of drug-likeness (QED) is 0.420. The molecule has 0 spiro atoms. The number of nitrogens with zero attached hydrogens (tertiary/aromatic N) is 4. The minimum Gasteiger partial charge on any atom is -0.323 e. The molecule has 4 rings (SSSR count). The first kappa shape index (κ1) is 21.3. The number of H-pyrrole nitrogens is 1. The molecule has 4 aromatic rings. The van der Waals surface area contributed by atoms with E-state index in [2.05, 4.69) is 25.8 Å². The van der Waals surface area contributed by atoms with Crippen LogP contribution >= 0.6 is 0 Å². The molecule has 0 fully saturated rings. The molecule has 8 nitrogen and oxygen atoms in total. The molecule has 0 aliphatic carbocycles. The van der Waals surface area contributed by atoms with Crippen molar-refractivity contribution >= 4 is 28.5 Å². The number of aromatic nitrogens is 5. The lowest BCUT2D eigenvalue weighted by molar-refractivity contribution is -0.111. The average Bonchev–Trinajstić information content (AvgIpc) is 3.45. The van der Waals surface area contributed by atoms with Gasteiger partial charge in [-0.1, -0.05) is 12.1 Å². The first-order valence-corrected chi connectivity index (χ1v) is 10.9. The smallest absolute Gasteiger partial charge is 0.248 e. The summed E-state index contributed by atoms with van der Waals surface area (Å²) in [4.78, 5) is 12.4. The molecule has 0 aliphatic heterocycles. The number of halogens is 1. The van der Waals surface area contributed by atoms with Gasteiger partial charge in [0.05, 0.1) is 34.6 Å². The summed E-state index contributed by atoms with van der Waals surface area (Å²) in [6.45, 7) is 0. The molecule has 2 N–H and O–H groups in total. The summed E-state index contributed by atoms with van der Waals surface area (Å²) in [6, 6.07) is 13.2. The first-order valence-electron chi connectivity index (χ1n) is 9.59. The Bertz CT molecular complexity index is 1270. The van der Waals surface area contributed by atoms with Crippen molar-refractivity contribution in [2.24, 2.45) is 7.05 Å². The number of amides is 1. The van der Waals surface area contributed by atoms with E-state index in [9.17, 15) is 13.4 Å². The Kier molecular flexibility index (Phi) is 6.31. The molecule has 2 aromatic carbocycles. The minimum absolute atomic E-state index is 0.299. The van der Waals surface area contributed by atoms with Crippen LogP contribution in [0.5, 0.6) is 0 Å². The zero-order valence-corrected chi connectivity index (χ0v) is 17.8. The van der Waals surface area contributed by atoms with Crippen LogP contribution in [0.25, 0.3) is 17.3 Å². The molecule has 0 aliphatic rings. The van der Waals surface area contributed by atoms with Crippen LogP contribution in [0.3, 0.4) is 0 Å². The second kappa shape index (κ2) is 9.48. The Balaban J connectivity index is 1.40. The molecule has 162 valence electrons. The van der Waals surface area contributed by atoms with Crippen molar-refractivity contribution in [1.29, 1.82) is 0 Å². The summed E-state index contributed by atoms with van der Waals surface area (Å²) < 4.78 is 27.1. The lowest BCUT2D eigenvalue weighted by Crippen LogP contribution is -2.07. The van der Waals surface area contributed by atoms with E-state index in [1.165, 1.54) is 24.4 Å². The van der Waals surface area contributed by atoms with Crippen molar-refractivity contribution in [3.63, 3.8) is 0 Å². The highest BCUT2D eigenvalue weighted by Gasteiger charge is 2.10. The number of aromatic amines is 1. The highest BCUT2D eigenvalue weighted by Crippen LogP contribution is 2.24. The van der Waals surface area contributed by atoms with Gasteiger partial charge in [-0.2, -0.15) is 15.4 Å². The summed E-state index contributed by atoms with van der Waals surface area (Å²) in [5, 5.41) is 17.3. The molecular weight excluding hydrogens is 431 g/mol. The maximum atomic E-state index is 13.2. The second-order valence-electron chi connectivity index (χ2n) is 6.90. The first-order chi connectivity index (χ1) is 15.5. The summed E-state index contributed by atoms with van der Waals surface area (Å²) in [5.41, 5.74) is 3.77. The molecule has 0 saturated carbocycles. The minimum atomic E-state index is -1.29. The molecule has 2 aromatic heterocycles. The average molecular weight is 450 g/mol. The van der Waals surface area contributed by atoms with E-state index in [1.807, 2.05) is 0 Å². The van der Waals surface area contributed by atoms with E-state index in [4.69, 9.17) is 0 Å². The summed E-state index contributed by atoms with van der Waals surface area (Å²) >= 11 is 0. The number of aryl methyl sites for hydroxylation is 1. The zero-order valence-electron chi connectivity index (χ0n) is 17.0. The van der Waals surface area contributed by atoms with E-state index in [0.29, 0.717) is 16.5 Å².